The monoisotopic (exact) mass is 457 g/mol. The molecule has 2 rings (SSSR count). The van der Waals surface area contributed by atoms with E-state index in [4.69, 9.17) is 20.0 Å². The number of aliphatic carboxylic acids is 1. The predicted octanol–water partition coefficient (Wildman–Crippen LogP) is 6.24. The first kappa shape index (κ1) is 29.9. The van der Waals surface area contributed by atoms with Crippen LogP contribution in [0.2, 0.25) is 0 Å². The number of benzene rings is 2. The molecule has 0 bridgehead atoms. The molecule has 0 amide bonds. The number of methoxy groups -OCH3 is 1. The Balaban J connectivity index is 0.000000520. The highest BCUT2D eigenvalue weighted by Crippen LogP contribution is 2.28. The van der Waals surface area contributed by atoms with Crippen LogP contribution in [-0.2, 0) is 17.6 Å². The van der Waals surface area contributed by atoms with Crippen molar-refractivity contribution in [2.45, 2.75) is 60.8 Å². The maximum atomic E-state index is 10.9. The molecule has 2 N–H and O–H groups in total. The number of hydrogen-bond donors (Lipinski definition) is 2. The highest BCUT2D eigenvalue weighted by molar-refractivity contribution is 5.94. The lowest BCUT2D eigenvalue weighted by Crippen LogP contribution is -2.10. The lowest BCUT2D eigenvalue weighted by molar-refractivity contribution is -0.139. The van der Waals surface area contributed by atoms with E-state index in [1.807, 2.05) is 57.2 Å². The summed E-state index contributed by atoms with van der Waals surface area (Å²) in [5, 5.41) is 15.5. The van der Waals surface area contributed by atoms with Gasteiger partial charge < -0.3 is 20.0 Å². The summed E-state index contributed by atoms with van der Waals surface area (Å²) < 4.78 is 10.2. The summed E-state index contributed by atoms with van der Waals surface area (Å²) in [5.41, 5.74) is 3.94. The smallest absolute Gasteiger partial charge is 0.341 e. The first-order valence-electron chi connectivity index (χ1n) is 11.2. The second-order valence-electron chi connectivity index (χ2n) is 7.87. The van der Waals surface area contributed by atoms with Gasteiger partial charge in [0, 0.05) is 11.3 Å². The molecule has 0 radical (unpaired) electrons. The molecule has 0 atom stereocenters. The molecule has 0 heterocycles. The molecule has 0 aliphatic carbocycles. The van der Waals surface area contributed by atoms with E-state index in [0.29, 0.717) is 17.4 Å². The highest BCUT2D eigenvalue weighted by atomic mass is 16.5. The van der Waals surface area contributed by atoms with E-state index in [1.54, 1.807) is 20.1 Å². The number of ketones is 1. The number of Topliss-reactive ketones (excluding diaryl/α,β-unsaturated/α-hetero) is 1. The number of aryl methyl sites for hydroxylation is 2. The fourth-order valence-electron chi connectivity index (χ4n) is 2.43. The van der Waals surface area contributed by atoms with Gasteiger partial charge in [0.1, 0.15) is 0 Å². The fraction of sp³-hybridized carbons (Fsp3) is 0.444. The Kier molecular flexibility index (Phi) is 14.9. The molecule has 0 saturated carbocycles. The highest BCUT2D eigenvalue weighted by Gasteiger charge is 2.07. The molecular formula is C27H39NO5. The number of rotatable bonds is 9. The molecule has 182 valence electrons. The molecule has 0 saturated heterocycles. The van der Waals surface area contributed by atoms with Crippen molar-refractivity contribution in [3.05, 3.63) is 59.2 Å². The molecule has 2 aromatic carbocycles. The Morgan fingerprint density at radius 3 is 2.09 bits per heavy atom. The van der Waals surface area contributed by atoms with E-state index in [-0.39, 0.29) is 12.4 Å². The summed E-state index contributed by atoms with van der Waals surface area (Å²) in [6.07, 6.45) is 3.01. The van der Waals surface area contributed by atoms with Gasteiger partial charge >= 0.3 is 5.97 Å². The van der Waals surface area contributed by atoms with Crippen LogP contribution in [0.3, 0.4) is 0 Å². The lowest BCUT2D eigenvalue weighted by Gasteiger charge is -2.10. The summed E-state index contributed by atoms with van der Waals surface area (Å²) in [4.78, 5) is 21.3. The van der Waals surface area contributed by atoms with Gasteiger partial charge in [0.15, 0.2) is 23.9 Å². The van der Waals surface area contributed by atoms with Crippen LogP contribution in [-0.4, -0.2) is 36.3 Å². The molecule has 0 spiro atoms. The summed E-state index contributed by atoms with van der Waals surface area (Å²) in [6, 6.07) is 13.3. The molecular weight excluding hydrogens is 418 g/mol. The van der Waals surface area contributed by atoms with Gasteiger partial charge in [0.05, 0.1) is 7.11 Å². The van der Waals surface area contributed by atoms with Crippen LogP contribution in [0.1, 0.15) is 69.4 Å². The van der Waals surface area contributed by atoms with E-state index in [2.05, 4.69) is 13.8 Å². The van der Waals surface area contributed by atoms with E-state index in [1.165, 1.54) is 5.56 Å². The van der Waals surface area contributed by atoms with Crippen molar-refractivity contribution in [3.63, 3.8) is 0 Å². The van der Waals surface area contributed by atoms with E-state index >= 15 is 0 Å². The second kappa shape index (κ2) is 16.5. The molecule has 6 heteroatoms. The minimum atomic E-state index is -1.00. The Morgan fingerprint density at radius 2 is 1.64 bits per heavy atom. The Bertz CT molecular complexity index is 890. The van der Waals surface area contributed by atoms with Gasteiger partial charge in [-0.05, 0) is 61.9 Å². The minimum absolute atomic E-state index is 0.139. The number of carboxylic acid groups (broad SMARTS) is 1. The van der Waals surface area contributed by atoms with Gasteiger partial charge in [-0.1, -0.05) is 58.4 Å². The fourth-order valence-corrected chi connectivity index (χ4v) is 2.43. The van der Waals surface area contributed by atoms with Crippen molar-refractivity contribution in [2.75, 3.05) is 13.7 Å². The molecule has 0 aliphatic rings. The third-order valence-electron chi connectivity index (χ3n) is 4.73. The molecule has 0 unspecified atom stereocenters. The Hall–Kier alpha value is -3.15. The molecule has 0 fully saturated rings. The zero-order chi connectivity index (χ0) is 25.4. The Morgan fingerprint density at radius 1 is 1.00 bits per heavy atom. The van der Waals surface area contributed by atoms with Crippen LogP contribution >= 0.6 is 0 Å². The number of nitrogens with one attached hydrogen (secondary N) is 1. The number of carbonyl (C=O) groups excluding carboxylic acids is 1. The van der Waals surface area contributed by atoms with Crippen molar-refractivity contribution >= 4 is 17.5 Å². The zero-order valence-corrected chi connectivity index (χ0v) is 21.0. The average molecular weight is 458 g/mol. The maximum absolute atomic E-state index is 10.9. The maximum Gasteiger partial charge on any atom is 0.341 e. The van der Waals surface area contributed by atoms with Gasteiger partial charge in [-0.3, -0.25) is 4.79 Å². The zero-order valence-electron chi connectivity index (χ0n) is 21.0. The lowest BCUT2D eigenvalue weighted by atomic mass is 10.1. The average Bonchev–Trinajstić information content (AvgIpc) is 2.79. The van der Waals surface area contributed by atoms with Crippen LogP contribution < -0.4 is 9.47 Å². The van der Waals surface area contributed by atoms with Gasteiger partial charge in [-0.25, -0.2) is 4.79 Å². The number of ether oxygens (including phenoxy) is 2. The first-order valence-corrected chi connectivity index (χ1v) is 11.2. The van der Waals surface area contributed by atoms with Gasteiger partial charge in [0.2, 0.25) is 0 Å². The van der Waals surface area contributed by atoms with E-state index in [9.17, 15) is 9.59 Å². The summed E-state index contributed by atoms with van der Waals surface area (Å²) >= 11 is 0. The second-order valence-corrected chi connectivity index (χ2v) is 7.87. The number of carboxylic acids is 1. The minimum Gasteiger partial charge on any atom is -0.493 e. The first-order chi connectivity index (χ1) is 15.5. The topological polar surface area (TPSA) is 96.7 Å². The van der Waals surface area contributed by atoms with Gasteiger partial charge in [-0.2, -0.15) is 0 Å². The number of carbonyl (C=O) groups is 2. The van der Waals surface area contributed by atoms with Crippen molar-refractivity contribution in [1.82, 2.24) is 0 Å². The molecule has 0 aliphatic heterocycles. The standard InChI is InChI=1S/C12H16O4.C10H12O.C5H11N/c1-3-4-9-5-6-10(11(7-9)15-2)16-8-12(13)14;1-3-9-5-4-6-10(7-9)8(2)11;1-4(2)5(3)6/h5-7H,3-4,8H2,1-2H3,(H,13,14);4-7H,3H2,1-2H3;4,6H,1-3H3. The van der Waals surface area contributed by atoms with Crippen LogP contribution in [0.5, 0.6) is 11.5 Å². The third-order valence-corrected chi connectivity index (χ3v) is 4.73. The van der Waals surface area contributed by atoms with Crippen molar-refractivity contribution in [1.29, 1.82) is 5.41 Å². The van der Waals surface area contributed by atoms with Crippen LogP contribution in [0.4, 0.5) is 0 Å². The predicted molar refractivity (Wildman–Crippen MR) is 134 cm³/mol. The van der Waals surface area contributed by atoms with Gasteiger partial charge in [-0.15, -0.1) is 0 Å². The van der Waals surface area contributed by atoms with Crippen LogP contribution in [0.25, 0.3) is 0 Å². The Labute approximate surface area is 198 Å². The SMILES string of the molecule is CC(=N)C(C)C.CCCc1ccc(OCC(=O)O)c(OC)c1.CCc1cccc(C(C)=O)c1. The summed E-state index contributed by atoms with van der Waals surface area (Å²) in [5.74, 6) is 0.613. The van der Waals surface area contributed by atoms with Crippen LogP contribution in [0.15, 0.2) is 42.5 Å². The van der Waals surface area contributed by atoms with Gasteiger partial charge in [0.25, 0.3) is 0 Å². The number of hydrogen-bond acceptors (Lipinski definition) is 5. The molecule has 6 nitrogen and oxygen atoms in total. The van der Waals surface area contributed by atoms with Crippen molar-refractivity contribution in [3.8, 4) is 11.5 Å². The molecule has 2 aromatic rings. The third kappa shape index (κ3) is 13.1. The summed E-state index contributed by atoms with van der Waals surface area (Å²) in [7, 11) is 1.54. The summed E-state index contributed by atoms with van der Waals surface area (Å²) in [6.45, 7) is 11.3. The quantitative estimate of drug-likeness (QED) is 0.343. The van der Waals surface area contributed by atoms with E-state index < -0.39 is 5.97 Å². The van der Waals surface area contributed by atoms with Crippen LogP contribution in [0, 0.1) is 11.3 Å². The largest absolute Gasteiger partial charge is 0.493 e. The molecule has 0 aromatic heterocycles. The normalized spacial score (nSPS) is 9.70. The van der Waals surface area contributed by atoms with Crippen molar-refractivity contribution < 1.29 is 24.2 Å². The van der Waals surface area contributed by atoms with Crippen molar-refractivity contribution in [2.24, 2.45) is 5.92 Å². The molecule has 33 heavy (non-hydrogen) atoms. The van der Waals surface area contributed by atoms with E-state index in [0.717, 1.165) is 36.1 Å².